The summed E-state index contributed by atoms with van der Waals surface area (Å²) in [4.78, 5) is 17.2. The Morgan fingerprint density at radius 1 is 1.12 bits per heavy atom. The van der Waals surface area contributed by atoms with E-state index in [1.807, 2.05) is 42.5 Å². The maximum Gasteiger partial charge on any atom is 0.228 e. The van der Waals surface area contributed by atoms with Crippen LogP contribution in [-0.2, 0) is 11.2 Å². The Kier molecular flexibility index (Phi) is 6.57. The van der Waals surface area contributed by atoms with Crippen molar-refractivity contribution in [1.29, 1.82) is 0 Å². The zero-order valence-electron chi connectivity index (χ0n) is 14.8. The minimum atomic E-state index is -0.0389. The molecule has 138 valence electrons. The van der Waals surface area contributed by atoms with Crippen LogP contribution in [0.25, 0.3) is 0 Å². The lowest BCUT2D eigenvalue weighted by atomic mass is 10.1. The summed E-state index contributed by atoms with van der Waals surface area (Å²) in [5.41, 5.74) is 2.68. The first-order valence-electron chi connectivity index (χ1n) is 8.87. The van der Waals surface area contributed by atoms with Crippen LogP contribution in [0.1, 0.15) is 12.5 Å². The fourth-order valence-corrected chi connectivity index (χ4v) is 3.77. The second-order valence-corrected chi connectivity index (χ2v) is 7.73. The molecule has 1 N–H and O–H groups in total. The zero-order chi connectivity index (χ0) is 18.5. The lowest BCUT2D eigenvalue weighted by molar-refractivity contribution is -0.115. The third kappa shape index (κ3) is 4.78. The second kappa shape index (κ2) is 8.89. The maximum atomic E-state index is 12.5. The number of hydrogen-bond donors (Lipinski definition) is 1. The summed E-state index contributed by atoms with van der Waals surface area (Å²) >= 11 is 9.89. The molecule has 1 aliphatic heterocycles. The number of halogens is 2. The number of anilines is 2. The molecule has 4 nitrogen and oxygen atoms in total. The first-order chi connectivity index (χ1) is 12.6. The van der Waals surface area contributed by atoms with E-state index in [0.29, 0.717) is 11.4 Å². The van der Waals surface area contributed by atoms with Gasteiger partial charge in [0.15, 0.2) is 0 Å². The van der Waals surface area contributed by atoms with E-state index in [1.54, 1.807) is 0 Å². The summed E-state index contributed by atoms with van der Waals surface area (Å²) in [7, 11) is 0. The third-order valence-corrected chi connectivity index (χ3v) is 5.51. The highest BCUT2D eigenvalue weighted by atomic mass is 79.9. The maximum absolute atomic E-state index is 12.5. The molecular weight excluding hydrogens is 414 g/mol. The number of carbonyl (C=O) groups excluding carboxylic acids is 1. The van der Waals surface area contributed by atoms with E-state index in [-0.39, 0.29) is 5.91 Å². The van der Waals surface area contributed by atoms with Crippen molar-refractivity contribution in [2.75, 3.05) is 42.9 Å². The molecule has 1 amide bonds. The lowest BCUT2D eigenvalue weighted by Gasteiger charge is -2.36. The van der Waals surface area contributed by atoms with Crippen molar-refractivity contribution in [3.8, 4) is 0 Å². The van der Waals surface area contributed by atoms with Gasteiger partial charge in [0.25, 0.3) is 0 Å². The molecule has 2 aromatic carbocycles. The van der Waals surface area contributed by atoms with Gasteiger partial charge in [-0.05, 0) is 36.4 Å². The van der Waals surface area contributed by atoms with Crippen LogP contribution in [0.5, 0.6) is 0 Å². The molecule has 0 aliphatic carbocycles. The predicted molar refractivity (Wildman–Crippen MR) is 112 cm³/mol. The fourth-order valence-electron chi connectivity index (χ4n) is 3.21. The zero-order valence-corrected chi connectivity index (χ0v) is 17.2. The van der Waals surface area contributed by atoms with Gasteiger partial charge in [-0.2, -0.15) is 0 Å². The fraction of sp³-hybridized carbons (Fsp3) is 0.350. The molecule has 0 spiro atoms. The number of rotatable bonds is 5. The minimum absolute atomic E-state index is 0.0389. The molecule has 26 heavy (non-hydrogen) atoms. The molecule has 0 unspecified atom stereocenters. The van der Waals surface area contributed by atoms with Gasteiger partial charge in [-0.15, -0.1) is 0 Å². The van der Waals surface area contributed by atoms with Crippen LogP contribution in [0.2, 0.25) is 5.02 Å². The number of nitrogens with zero attached hydrogens (tertiary/aromatic N) is 2. The normalized spacial score (nSPS) is 15.1. The molecule has 2 aromatic rings. The van der Waals surface area contributed by atoms with Crippen molar-refractivity contribution in [2.24, 2.45) is 0 Å². The molecule has 1 aliphatic rings. The Balaban J connectivity index is 1.72. The number of amides is 1. The van der Waals surface area contributed by atoms with Gasteiger partial charge in [-0.3, -0.25) is 4.79 Å². The van der Waals surface area contributed by atoms with Gasteiger partial charge >= 0.3 is 0 Å². The number of benzene rings is 2. The van der Waals surface area contributed by atoms with Crippen LogP contribution in [0.15, 0.2) is 46.9 Å². The van der Waals surface area contributed by atoms with E-state index in [2.05, 4.69) is 38.0 Å². The van der Waals surface area contributed by atoms with Crippen LogP contribution in [0.4, 0.5) is 11.4 Å². The molecule has 1 fully saturated rings. The van der Waals surface area contributed by atoms with Gasteiger partial charge in [0, 0.05) is 30.7 Å². The predicted octanol–water partition coefficient (Wildman–Crippen LogP) is 4.43. The highest BCUT2D eigenvalue weighted by Crippen LogP contribution is 2.34. The van der Waals surface area contributed by atoms with Crippen molar-refractivity contribution in [2.45, 2.75) is 13.3 Å². The monoisotopic (exact) mass is 435 g/mol. The average Bonchev–Trinajstić information content (AvgIpc) is 2.64. The number of likely N-dealkylation sites (N-methyl/N-ethyl adjacent to an activating group) is 1. The summed E-state index contributed by atoms with van der Waals surface area (Å²) in [5, 5.41) is 3.72. The highest BCUT2D eigenvalue weighted by Gasteiger charge is 2.21. The average molecular weight is 437 g/mol. The molecule has 0 saturated carbocycles. The summed E-state index contributed by atoms with van der Waals surface area (Å²) in [5.74, 6) is -0.0389. The van der Waals surface area contributed by atoms with Gasteiger partial charge in [0.1, 0.15) is 0 Å². The number of carbonyl (C=O) groups is 1. The molecule has 1 heterocycles. The van der Waals surface area contributed by atoms with Crippen LogP contribution < -0.4 is 10.2 Å². The Morgan fingerprint density at radius 3 is 2.46 bits per heavy atom. The van der Waals surface area contributed by atoms with E-state index >= 15 is 0 Å². The van der Waals surface area contributed by atoms with Gasteiger partial charge in [0.05, 0.1) is 22.8 Å². The molecule has 1 saturated heterocycles. The number of nitrogens with one attached hydrogen (secondary N) is 1. The van der Waals surface area contributed by atoms with Crippen molar-refractivity contribution in [3.05, 3.63) is 57.5 Å². The SMILES string of the molecule is CCN1CCN(c2c(Cl)cccc2NC(=O)Cc2ccc(Br)cc2)CC1. The third-order valence-electron chi connectivity index (χ3n) is 4.67. The van der Waals surface area contributed by atoms with Crippen LogP contribution in [0.3, 0.4) is 0 Å². The van der Waals surface area contributed by atoms with Crippen LogP contribution in [-0.4, -0.2) is 43.5 Å². The molecule has 3 rings (SSSR count). The smallest absolute Gasteiger partial charge is 0.228 e. The van der Waals surface area contributed by atoms with Gasteiger partial charge in [0.2, 0.25) is 5.91 Å². The summed E-state index contributed by atoms with van der Waals surface area (Å²) in [6, 6.07) is 13.5. The molecule has 0 radical (unpaired) electrons. The second-order valence-electron chi connectivity index (χ2n) is 6.41. The van der Waals surface area contributed by atoms with Crippen LogP contribution >= 0.6 is 27.5 Å². The van der Waals surface area contributed by atoms with Crippen molar-refractivity contribution in [3.63, 3.8) is 0 Å². The van der Waals surface area contributed by atoms with E-state index in [4.69, 9.17) is 11.6 Å². The number of hydrogen-bond acceptors (Lipinski definition) is 3. The van der Waals surface area contributed by atoms with Gasteiger partial charge in [-0.1, -0.05) is 52.7 Å². The highest BCUT2D eigenvalue weighted by molar-refractivity contribution is 9.10. The summed E-state index contributed by atoms with van der Waals surface area (Å²) in [6.45, 7) is 7.08. The molecule has 0 bridgehead atoms. The minimum Gasteiger partial charge on any atom is -0.366 e. The number of para-hydroxylation sites is 1. The van der Waals surface area contributed by atoms with Crippen molar-refractivity contribution < 1.29 is 4.79 Å². The van der Waals surface area contributed by atoms with Gasteiger partial charge in [-0.25, -0.2) is 0 Å². The first kappa shape index (κ1) is 19.2. The van der Waals surface area contributed by atoms with Crippen molar-refractivity contribution in [1.82, 2.24) is 4.90 Å². The van der Waals surface area contributed by atoms with E-state index in [0.717, 1.165) is 54.1 Å². The number of piperazine rings is 1. The Morgan fingerprint density at radius 2 is 1.81 bits per heavy atom. The lowest BCUT2D eigenvalue weighted by Crippen LogP contribution is -2.46. The molecule has 0 aromatic heterocycles. The van der Waals surface area contributed by atoms with E-state index in [9.17, 15) is 4.79 Å². The van der Waals surface area contributed by atoms with Gasteiger partial charge < -0.3 is 15.1 Å². The Labute approximate surface area is 168 Å². The Hall–Kier alpha value is -1.56. The summed E-state index contributed by atoms with van der Waals surface area (Å²) in [6.07, 6.45) is 0.336. The topological polar surface area (TPSA) is 35.6 Å². The Bertz CT molecular complexity index is 758. The van der Waals surface area contributed by atoms with E-state index < -0.39 is 0 Å². The quantitative estimate of drug-likeness (QED) is 0.753. The van der Waals surface area contributed by atoms with E-state index in [1.165, 1.54) is 0 Å². The standard InChI is InChI=1S/C20H23BrClN3O/c1-2-24-10-12-25(13-11-24)20-17(22)4-3-5-18(20)23-19(26)14-15-6-8-16(21)9-7-15/h3-9H,2,10-14H2,1H3,(H,23,26). The first-order valence-corrected chi connectivity index (χ1v) is 10.0. The summed E-state index contributed by atoms with van der Waals surface area (Å²) < 4.78 is 1.00. The molecule has 6 heteroatoms. The van der Waals surface area contributed by atoms with Crippen LogP contribution in [0, 0.1) is 0 Å². The molecule has 0 atom stereocenters. The largest absolute Gasteiger partial charge is 0.366 e. The molecular formula is C20H23BrClN3O. The van der Waals surface area contributed by atoms with Crippen molar-refractivity contribution >= 4 is 44.8 Å².